The van der Waals surface area contributed by atoms with Crippen LogP contribution >= 0.6 is 0 Å². The fraction of sp³-hybridized carbons (Fsp3) is 0.619. The van der Waals surface area contributed by atoms with Crippen LogP contribution in [0.25, 0.3) is 0 Å². The molecule has 0 radical (unpaired) electrons. The number of aryl methyl sites for hydroxylation is 1. The summed E-state index contributed by atoms with van der Waals surface area (Å²) in [5.41, 5.74) is 0.649. The smallest absolute Gasteiger partial charge is 0.267 e. The predicted molar refractivity (Wildman–Crippen MR) is 109 cm³/mol. The molecule has 7 nitrogen and oxygen atoms in total. The highest BCUT2D eigenvalue weighted by molar-refractivity contribution is 7.89. The lowest BCUT2D eigenvalue weighted by molar-refractivity contribution is -0.131. The molecule has 0 unspecified atom stereocenters. The van der Waals surface area contributed by atoms with Crippen molar-refractivity contribution in [1.29, 1.82) is 0 Å². The molecule has 1 heterocycles. The van der Waals surface area contributed by atoms with Crippen LogP contribution < -0.4 is 10.1 Å². The molecule has 0 spiro atoms. The van der Waals surface area contributed by atoms with Gasteiger partial charge in [0.15, 0.2) is 0 Å². The summed E-state index contributed by atoms with van der Waals surface area (Å²) in [6.45, 7) is 1.74. The number of methoxy groups -OCH3 is 1. The van der Waals surface area contributed by atoms with E-state index in [4.69, 9.17) is 4.74 Å². The molecule has 8 heteroatoms. The van der Waals surface area contributed by atoms with Crippen molar-refractivity contribution in [3.05, 3.63) is 23.8 Å². The van der Waals surface area contributed by atoms with Gasteiger partial charge in [0.1, 0.15) is 11.8 Å². The summed E-state index contributed by atoms with van der Waals surface area (Å²) in [6, 6.07) is 3.51. The third-order valence-electron chi connectivity index (χ3n) is 5.84. The fourth-order valence-corrected chi connectivity index (χ4v) is 5.91. The number of amides is 2. The van der Waals surface area contributed by atoms with Gasteiger partial charge in [-0.05, 0) is 49.9 Å². The quantitative estimate of drug-likeness (QED) is 0.788. The first kappa shape index (κ1) is 21.6. The van der Waals surface area contributed by atoms with Crippen LogP contribution in [0.2, 0.25) is 0 Å². The Balaban J connectivity index is 1.80. The Labute approximate surface area is 172 Å². The molecule has 3 rings (SSSR count). The maximum atomic E-state index is 13.2. The van der Waals surface area contributed by atoms with Crippen LogP contribution in [0.1, 0.15) is 63.4 Å². The summed E-state index contributed by atoms with van der Waals surface area (Å²) in [4.78, 5) is 25.4. The number of nitrogens with one attached hydrogen (secondary N) is 1. The Morgan fingerprint density at radius 2 is 1.76 bits per heavy atom. The molecule has 1 atom stereocenters. The van der Waals surface area contributed by atoms with Gasteiger partial charge < -0.3 is 10.1 Å². The highest BCUT2D eigenvalue weighted by Gasteiger charge is 2.44. The molecule has 0 aromatic heterocycles. The molecular formula is C21H30N2O5S. The van der Waals surface area contributed by atoms with E-state index >= 15 is 0 Å². The monoisotopic (exact) mass is 422 g/mol. The van der Waals surface area contributed by atoms with Gasteiger partial charge in [-0.3, -0.25) is 9.59 Å². The Morgan fingerprint density at radius 1 is 1.10 bits per heavy atom. The van der Waals surface area contributed by atoms with E-state index in [1.807, 2.05) is 0 Å². The van der Waals surface area contributed by atoms with Crippen LogP contribution in [0.5, 0.6) is 5.75 Å². The van der Waals surface area contributed by atoms with Gasteiger partial charge in [0.2, 0.25) is 11.8 Å². The van der Waals surface area contributed by atoms with Crippen LogP contribution in [-0.4, -0.2) is 43.7 Å². The lowest BCUT2D eigenvalue weighted by Crippen LogP contribution is -2.50. The Hall–Kier alpha value is -2.09. The van der Waals surface area contributed by atoms with E-state index in [1.54, 1.807) is 13.0 Å². The van der Waals surface area contributed by atoms with Crippen LogP contribution in [-0.2, 0) is 19.6 Å². The first-order valence-electron chi connectivity index (χ1n) is 10.4. The minimum atomic E-state index is -4.12. The second kappa shape index (κ2) is 9.15. The van der Waals surface area contributed by atoms with Gasteiger partial charge in [-0.2, -0.15) is 0 Å². The predicted octanol–water partition coefficient (Wildman–Crippen LogP) is 2.91. The van der Waals surface area contributed by atoms with Crippen molar-refractivity contribution in [2.45, 2.75) is 81.7 Å². The first-order chi connectivity index (χ1) is 13.8. The number of hydrogen-bond donors (Lipinski definition) is 1. The molecule has 0 bridgehead atoms. The third kappa shape index (κ3) is 4.74. The minimum Gasteiger partial charge on any atom is -0.496 e. The third-order valence-corrected chi connectivity index (χ3v) is 7.66. The molecule has 1 N–H and O–H groups in total. The van der Waals surface area contributed by atoms with E-state index in [0.29, 0.717) is 11.3 Å². The molecule has 2 fully saturated rings. The average Bonchev–Trinajstić information content (AvgIpc) is 3.06. The second-order valence-electron chi connectivity index (χ2n) is 7.93. The van der Waals surface area contributed by atoms with Crippen molar-refractivity contribution in [3.63, 3.8) is 0 Å². The summed E-state index contributed by atoms with van der Waals surface area (Å²) in [6.07, 6.45) is 7.72. The molecule has 1 aromatic carbocycles. The van der Waals surface area contributed by atoms with Crippen molar-refractivity contribution in [1.82, 2.24) is 9.62 Å². The largest absolute Gasteiger partial charge is 0.496 e. The van der Waals surface area contributed by atoms with Crippen molar-refractivity contribution in [2.24, 2.45) is 0 Å². The number of carbonyl (C=O) groups is 2. The molecule has 29 heavy (non-hydrogen) atoms. The van der Waals surface area contributed by atoms with Crippen LogP contribution in [0.3, 0.4) is 0 Å². The number of ether oxygens (including phenoxy) is 1. The highest BCUT2D eigenvalue weighted by atomic mass is 32.2. The number of benzene rings is 1. The molecule has 1 aromatic rings. The standard InChI is InChI=1S/C21H30N2O5S/c1-15-14-17(10-12-19(15)28-2)29(26,27)23-18(11-13-20(23)24)21(25)22-16-8-6-4-3-5-7-9-16/h10,12,14,16,18H,3-9,11,13H2,1-2H3,(H,22,25)/t18-/m1/s1. The summed E-state index contributed by atoms with van der Waals surface area (Å²) < 4.78 is 32.3. The van der Waals surface area contributed by atoms with Crippen LogP contribution in [0.15, 0.2) is 23.1 Å². The van der Waals surface area contributed by atoms with E-state index in [2.05, 4.69) is 5.32 Å². The second-order valence-corrected chi connectivity index (χ2v) is 9.75. The number of nitrogens with zero attached hydrogens (tertiary/aromatic N) is 1. The molecule has 2 aliphatic rings. The lowest BCUT2D eigenvalue weighted by atomic mass is 9.96. The van der Waals surface area contributed by atoms with Crippen molar-refractivity contribution in [3.8, 4) is 5.75 Å². The lowest BCUT2D eigenvalue weighted by Gasteiger charge is -2.27. The van der Waals surface area contributed by atoms with Crippen LogP contribution in [0.4, 0.5) is 0 Å². The van der Waals surface area contributed by atoms with E-state index in [1.165, 1.54) is 25.7 Å². The average molecular weight is 423 g/mol. The summed E-state index contributed by atoms with van der Waals surface area (Å²) in [5.74, 6) is -0.332. The Morgan fingerprint density at radius 3 is 2.38 bits per heavy atom. The molecule has 2 amide bonds. The summed E-state index contributed by atoms with van der Waals surface area (Å²) in [7, 11) is -2.61. The topological polar surface area (TPSA) is 92.8 Å². The zero-order valence-corrected chi connectivity index (χ0v) is 18.0. The Kier molecular flexibility index (Phi) is 6.82. The SMILES string of the molecule is COc1ccc(S(=O)(=O)N2C(=O)CC[C@@H]2C(=O)NC2CCCCCCC2)cc1C. The molecule has 1 saturated carbocycles. The van der Waals surface area contributed by atoms with Crippen molar-refractivity contribution in [2.75, 3.05) is 7.11 Å². The maximum absolute atomic E-state index is 13.2. The van der Waals surface area contributed by atoms with E-state index in [0.717, 1.165) is 42.8 Å². The summed E-state index contributed by atoms with van der Waals surface area (Å²) >= 11 is 0. The van der Waals surface area contributed by atoms with Crippen LogP contribution in [0, 0.1) is 6.92 Å². The number of sulfonamides is 1. The molecule has 1 aliphatic heterocycles. The molecule has 160 valence electrons. The molecule has 1 aliphatic carbocycles. The number of hydrogen-bond acceptors (Lipinski definition) is 5. The maximum Gasteiger partial charge on any atom is 0.267 e. The highest BCUT2D eigenvalue weighted by Crippen LogP contribution is 2.30. The van der Waals surface area contributed by atoms with Gasteiger partial charge in [0.05, 0.1) is 12.0 Å². The molecular weight excluding hydrogens is 392 g/mol. The Bertz CT molecular complexity index is 860. The zero-order valence-electron chi connectivity index (χ0n) is 17.1. The van der Waals surface area contributed by atoms with Crippen molar-refractivity contribution >= 4 is 21.8 Å². The van der Waals surface area contributed by atoms with Gasteiger partial charge >= 0.3 is 0 Å². The first-order valence-corrected chi connectivity index (χ1v) is 11.8. The van der Waals surface area contributed by atoms with Gasteiger partial charge in [0.25, 0.3) is 10.0 Å². The van der Waals surface area contributed by atoms with Gasteiger partial charge in [-0.1, -0.05) is 32.1 Å². The van der Waals surface area contributed by atoms with Gasteiger partial charge in [0, 0.05) is 12.5 Å². The van der Waals surface area contributed by atoms with Crippen molar-refractivity contribution < 1.29 is 22.7 Å². The van der Waals surface area contributed by atoms with E-state index in [-0.39, 0.29) is 29.7 Å². The normalized spacial score (nSPS) is 21.5. The minimum absolute atomic E-state index is 0.00481. The number of rotatable bonds is 5. The van der Waals surface area contributed by atoms with E-state index in [9.17, 15) is 18.0 Å². The van der Waals surface area contributed by atoms with Gasteiger partial charge in [-0.15, -0.1) is 0 Å². The van der Waals surface area contributed by atoms with E-state index < -0.39 is 22.0 Å². The summed E-state index contributed by atoms with van der Waals surface area (Å²) in [5, 5.41) is 3.02. The zero-order chi connectivity index (χ0) is 21.0. The fourth-order valence-electron chi connectivity index (χ4n) is 4.22. The van der Waals surface area contributed by atoms with Gasteiger partial charge in [-0.25, -0.2) is 12.7 Å². The molecule has 1 saturated heterocycles. The number of carbonyl (C=O) groups excluding carboxylic acids is 2.